The molecule has 6 nitrogen and oxygen atoms in total. The second-order valence-corrected chi connectivity index (χ2v) is 9.99. The normalized spacial score (nSPS) is 11.8. The lowest BCUT2D eigenvalue weighted by Crippen LogP contribution is -2.05. The highest BCUT2D eigenvalue weighted by Gasteiger charge is 2.26. The van der Waals surface area contributed by atoms with Gasteiger partial charge in [-0.3, -0.25) is 13.5 Å². The van der Waals surface area contributed by atoms with Gasteiger partial charge in [-0.25, -0.2) is 9.97 Å². The number of hydrogen-bond donors (Lipinski definition) is 0. The molecule has 0 unspecified atom stereocenters. The molecule has 4 heterocycles. The van der Waals surface area contributed by atoms with Crippen molar-refractivity contribution < 1.29 is 0 Å². The van der Waals surface area contributed by atoms with Crippen molar-refractivity contribution in [1.29, 1.82) is 0 Å². The number of benzene rings is 3. The first-order valence-electron chi connectivity index (χ1n) is 14.0. The van der Waals surface area contributed by atoms with Crippen LogP contribution in [0.3, 0.4) is 0 Å². The van der Waals surface area contributed by atoms with Crippen LogP contribution in [0.4, 0.5) is 0 Å². The maximum absolute atomic E-state index is 5.28. The number of aromatic nitrogens is 6. The zero-order chi connectivity index (χ0) is 29.5. The predicted octanol–water partition coefficient (Wildman–Crippen LogP) is 8.72. The third kappa shape index (κ3) is 4.00. The maximum Gasteiger partial charge on any atom is 0.237 e. The molecule has 0 N–H and O–H groups in total. The molecule has 0 aliphatic heterocycles. The number of nitrogens with zero attached hydrogens (tertiary/aromatic N) is 6. The van der Waals surface area contributed by atoms with E-state index < -0.39 is 0 Å². The van der Waals surface area contributed by atoms with Crippen molar-refractivity contribution in [2.75, 3.05) is 0 Å². The van der Waals surface area contributed by atoms with Gasteiger partial charge in [-0.2, -0.15) is 4.98 Å². The van der Waals surface area contributed by atoms with Gasteiger partial charge in [0.2, 0.25) is 11.7 Å². The zero-order valence-corrected chi connectivity index (χ0v) is 23.6. The molecule has 0 aliphatic carbocycles. The van der Waals surface area contributed by atoms with E-state index in [4.69, 9.17) is 15.0 Å². The van der Waals surface area contributed by atoms with Crippen LogP contribution in [0, 0.1) is 0 Å². The monoisotopic (exact) mass is 556 g/mol. The molecular formula is C37H28N6. The summed E-state index contributed by atoms with van der Waals surface area (Å²) in [6.07, 6.45) is 9.14. The van der Waals surface area contributed by atoms with Gasteiger partial charge in [0.15, 0.2) is 5.65 Å². The molecule has 0 fully saturated rings. The topological polar surface area (TPSA) is 52.9 Å². The highest BCUT2D eigenvalue weighted by Crippen LogP contribution is 2.36. The van der Waals surface area contributed by atoms with Crippen LogP contribution in [0.15, 0.2) is 136 Å². The fraction of sp³-hybridized carbons (Fsp3) is 0. The van der Waals surface area contributed by atoms with Crippen molar-refractivity contribution in [3.63, 3.8) is 0 Å². The van der Waals surface area contributed by atoms with E-state index in [0.717, 1.165) is 67.4 Å². The van der Waals surface area contributed by atoms with Gasteiger partial charge in [-0.1, -0.05) is 111 Å². The summed E-state index contributed by atoms with van der Waals surface area (Å²) in [5, 5.41) is 1.02. The van der Waals surface area contributed by atoms with Crippen molar-refractivity contribution >= 4 is 45.6 Å². The summed E-state index contributed by atoms with van der Waals surface area (Å²) < 4.78 is 6.30. The van der Waals surface area contributed by atoms with Crippen LogP contribution in [0.25, 0.3) is 68.5 Å². The summed E-state index contributed by atoms with van der Waals surface area (Å²) in [6, 6.07) is 30.5. The smallest absolute Gasteiger partial charge is 0.237 e. The van der Waals surface area contributed by atoms with Gasteiger partial charge in [-0.05, 0) is 42.0 Å². The van der Waals surface area contributed by atoms with Crippen molar-refractivity contribution in [2.45, 2.75) is 0 Å². The van der Waals surface area contributed by atoms with Crippen LogP contribution in [0.2, 0.25) is 0 Å². The molecule has 4 aromatic heterocycles. The van der Waals surface area contributed by atoms with Crippen molar-refractivity contribution in [3.8, 4) is 22.9 Å². The van der Waals surface area contributed by atoms with E-state index in [0.29, 0.717) is 5.95 Å². The Kier molecular flexibility index (Phi) is 6.29. The molecule has 0 bridgehead atoms. The summed E-state index contributed by atoms with van der Waals surface area (Å²) in [5.74, 6) is 1.26. The average molecular weight is 557 g/mol. The number of imidazole rings is 2. The van der Waals surface area contributed by atoms with Gasteiger partial charge in [0.1, 0.15) is 5.52 Å². The molecule has 6 heteroatoms. The van der Waals surface area contributed by atoms with Crippen LogP contribution in [0.1, 0.15) is 17.1 Å². The second kappa shape index (κ2) is 10.4. The highest BCUT2D eigenvalue weighted by molar-refractivity contribution is 6.08. The summed E-state index contributed by atoms with van der Waals surface area (Å²) in [4.78, 5) is 15.5. The summed E-state index contributed by atoms with van der Waals surface area (Å²) in [5.41, 5.74) is 8.79. The van der Waals surface area contributed by atoms with Gasteiger partial charge in [0.05, 0.1) is 28.3 Å². The van der Waals surface area contributed by atoms with Crippen molar-refractivity contribution in [2.24, 2.45) is 0 Å². The van der Waals surface area contributed by atoms with Crippen LogP contribution in [-0.4, -0.2) is 28.5 Å². The minimum atomic E-state index is 0.510. The Morgan fingerprint density at radius 3 is 2.09 bits per heavy atom. The Morgan fingerprint density at radius 1 is 0.698 bits per heavy atom. The van der Waals surface area contributed by atoms with E-state index in [9.17, 15) is 0 Å². The van der Waals surface area contributed by atoms with Crippen molar-refractivity contribution in [3.05, 3.63) is 153 Å². The molecule has 43 heavy (non-hydrogen) atoms. The summed E-state index contributed by atoms with van der Waals surface area (Å²) in [7, 11) is 0. The number of hydrogen-bond acceptors (Lipinski definition) is 3. The lowest BCUT2D eigenvalue weighted by Gasteiger charge is -2.11. The molecule has 0 saturated carbocycles. The van der Waals surface area contributed by atoms with Gasteiger partial charge >= 0.3 is 0 Å². The Hall–Kier alpha value is -6.01. The number of allylic oxidation sites excluding steroid dienone is 4. The summed E-state index contributed by atoms with van der Waals surface area (Å²) in [6.45, 7) is 16.2. The zero-order valence-electron chi connectivity index (χ0n) is 23.6. The lowest BCUT2D eigenvalue weighted by atomic mass is 10.1. The first-order chi connectivity index (χ1) is 21.2. The first-order valence-corrected chi connectivity index (χ1v) is 14.0. The third-order valence-electron chi connectivity index (χ3n) is 7.60. The van der Waals surface area contributed by atoms with Crippen LogP contribution >= 0.6 is 0 Å². The predicted molar refractivity (Wildman–Crippen MR) is 178 cm³/mol. The molecule has 0 radical (unpaired) electrons. The van der Waals surface area contributed by atoms with E-state index in [2.05, 4.69) is 59.5 Å². The molecule has 0 atom stereocenters. The van der Waals surface area contributed by atoms with E-state index in [-0.39, 0.29) is 0 Å². The first kappa shape index (κ1) is 25.9. The number of fused-ring (bicyclic) bond motifs is 5. The molecule has 3 aromatic carbocycles. The summed E-state index contributed by atoms with van der Waals surface area (Å²) >= 11 is 0. The minimum absolute atomic E-state index is 0.510. The van der Waals surface area contributed by atoms with E-state index in [1.165, 1.54) is 0 Å². The fourth-order valence-electron chi connectivity index (χ4n) is 5.74. The Morgan fingerprint density at radius 2 is 1.40 bits per heavy atom. The lowest BCUT2D eigenvalue weighted by molar-refractivity contribution is 0.971. The maximum atomic E-state index is 5.28. The van der Waals surface area contributed by atoms with E-state index in [1.807, 2.05) is 89.5 Å². The van der Waals surface area contributed by atoms with Crippen LogP contribution in [-0.2, 0) is 0 Å². The quantitative estimate of drug-likeness (QED) is 0.176. The standard InChI is InChI=1S/C37H28N6/c1-5-17-25(6-2)29-24-30(26-18-11-9-12-19-26)39-36(38-29)43-33-23-16-15-22-28(33)34-35(43)40-37-41(27-20-13-10-14-21-27)31(7-3)32(8-4)42(34)37/h5-24H,1-4H2/b25-17+. The Labute approximate surface area is 249 Å². The largest absolute Gasteiger partial charge is 0.278 e. The van der Waals surface area contributed by atoms with Gasteiger partial charge in [-0.15, -0.1) is 0 Å². The van der Waals surface area contributed by atoms with Crippen LogP contribution in [0.5, 0.6) is 0 Å². The fourth-order valence-corrected chi connectivity index (χ4v) is 5.74. The van der Waals surface area contributed by atoms with Crippen molar-refractivity contribution in [1.82, 2.24) is 28.5 Å². The minimum Gasteiger partial charge on any atom is -0.278 e. The molecule has 0 aliphatic rings. The third-order valence-corrected chi connectivity index (χ3v) is 7.60. The van der Waals surface area contributed by atoms with Gasteiger partial charge in [0.25, 0.3) is 0 Å². The molecule has 206 valence electrons. The van der Waals surface area contributed by atoms with Gasteiger partial charge in [0, 0.05) is 16.6 Å². The molecular weight excluding hydrogens is 528 g/mol. The average Bonchev–Trinajstić information content (AvgIpc) is 3.69. The van der Waals surface area contributed by atoms with E-state index in [1.54, 1.807) is 12.2 Å². The molecule has 0 spiro atoms. The Balaban J connectivity index is 1.63. The second-order valence-electron chi connectivity index (χ2n) is 9.99. The molecule has 0 amide bonds. The highest BCUT2D eigenvalue weighted by atomic mass is 15.3. The van der Waals surface area contributed by atoms with Gasteiger partial charge < -0.3 is 0 Å². The SMILES string of the molecule is C=C/C=C(\C=C)c1cc(-c2ccccc2)nc(-n2c3ccccc3c3c2nc2n(-c4ccccc4)c(C=C)c(C=C)n32)n1. The molecule has 0 saturated heterocycles. The number of rotatable bonds is 8. The van der Waals surface area contributed by atoms with E-state index >= 15 is 0 Å². The number of para-hydroxylation sites is 2. The van der Waals surface area contributed by atoms with Crippen LogP contribution < -0.4 is 0 Å². The molecule has 7 aromatic rings. The molecule has 7 rings (SSSR count). The Bertz CT molecular complexity index is 2240.